The van der Waals surface area contributed by atoms with Gasteiger partial charge in [0.05, 0.1) is 38.3 Å². The van der Waals surface area contributed by atoms with E-state index in [2.05, 4.69) is 0 Å². The van der Waals surface area contributed by atoms with Crippen LogP contribution in [-0.2, 0) is 0 Å². The topological polar surface area (TPSA) is 123 Å². The van der Waals surface area contributed by atoms with Crippen molar-refractivity contribution in [1.82, 2.24) is 0 Å². The minimum atomic E-state index is -0.650. The van der Waals surface area contributed by atoms with Gasteiger partial charge >= 0.3 is 11.4 Å². The first-order valence-corrected chi connectivity index (χ1v) is 23.4. The van der Waals surface area contributed by atoms with Gasteiger partial charge in [-0.3, -0.25) is 20.2 Å². The maximum atomic E-state index is 13.0. The van der Waals surface area contributed by atoms with Crippen LogP contribution in [0.25, 0.3) is 43.2 Å². The molecule has 0 radical (unpaired) electrons. The fourth-order valence-corrected chi connectivity index (χ4v) is 10.0. The molecule has 1 heterocycles. The lowest BCUT2D eigenvalue weighted by atomic mass is 9.85. The van der Waals surface area contributed by atoms with Gasteiger partial charge in [-0.05, 0) is 126 Å². The maximum Gasteiger partial charge on any atom is 0.365 e. The Hall–Kier alpha value is -9.06. The third-order valence-corrected chi connectivity index (χ3v) is 13.5. The first-order valence-electron chi connectivity index (χ1n) is 22.5. The van der Waals surface area contributed by atoms with Crippen LogP contribution in [0, 0.1) is 20.2 Å². The average molecular weight is 955 g/mol. The average Bonchev–Trinajstić information content (AvgIpc) is 3.84. The summed E-state index contributed by atoms with van der Waals surface area (Å²) >= 11 is 1.03. The van der Waals surface area contributed by atoms with Gasteiger partial charge in [-0.1, -0.05) is 158 Å². The molecular weight excluding hydrogens is 909 g/mol. The molecule has 0 aliphatic rings. The molecule has 0 saturated carbocycles. The van der Waals surface area contributed by atoms with E-state index in [0.717, 1.165) is 78.1 Å². The van der Waals surface area contributed by atoms with Crippen molar-refractivity contribution in [2.24, 2.45) is 0 Å². The van der Waals surface area contributed by atoms with Crippen LogP contribution in [0.2, 0.25) is 0 Å². The third-order valence-electron chi connectivity index (χ3n) is 12.2. The summed E-state index contributed by atoms with van der Waals surface area (Å²) in [5.41, 5.74) is 10.8. The largest absolute Gasteiger partial charge is 0.497 e. The van der Waals surface area contributed by atoms with E-state index in [1.807, 2.05) is 182 Å². The van der Waals surface area contributed by atoms with Crippen LogP contribution in [0.3, 0.4) is 0 Å². The Balaban J connectivity index is 1.18. The second-order valence-corrected chi connectivity index (χ2v) is 17.3. The summed E-state index contributed by atoms with van der Waals surface area (Å²) in [4.78, 5) is 25.1. The molecule has 1 aromatic heterocycles. The number of nitrogens with zero attached hydrogens (tertiary/aromatic N) is 2. The zero-order valence-corrected chi connectivity index (χ0v) is 40.0. The molecule has 0 N–H and O–H groups in total. The molecule has 9 aromatic rings. The smallest absolute Gasteiger partial charge is 0.365 e. The third kappa shape index (κ3) is 9.80. The van der Waals surface area contributed by atoms with Gasteiger partial charge in [-0.25, -0.2) is 0 Å². The summed E-state index contributed by atoms with van der Waals surface area (Å²) in [6.45, 7) is 0. The Morgan fingerprint density at radius 3 is 0.746 bits per heavy atom. The molecule has 9 rings (SSSR count). The lowest BCUT2D eigenvalue weighted by Gasteiger charge is -2.19. The molecule has 0 spiro atoms. The van der Waals surface area contributed by atoms with Crippen molar-refractivity contribution in [2.75, 3.05) is 28.4 Å². The van der Waals surface area contributed by atoms with E-state index in [9.17, 15) is 20.2 Å². The molecule has 0 saturated heterocycles. The molecule has 10 nitrogen and oxygen atoms in total. The van der Waals surface area contributed by atoms with Gasteiger partial charge in [0.1, 0.15) is 32.8 Å². The Labute approximate surface area is 415 Å². The molecule has 350 valence electrons. The number of nitro groups is 2. The van der Waals surface area contributed by atoms with E-state index in [-0.39, 0.29) is 9.75 Å². The Morgan fingerprint density at radius 1 is 0.324 bits per heavy atom. The zero-order chi connectivity index (χ0) is 49.4. The fourth-order valence-electron chi connectivity index (χ4n) is 8.78. The van der Waals surface area contributed by atoms with Gasteiger partial charge in [0, 0.05) is 0 Å². The van der Waals surface area contributed by atoms with Gasteiger partial charge in [0.15, 0.2) is 0 Å². The van der Waals surface area contributed by atoms with Gasteiger partial charge in [0.25, 0.3) is 0 Å². The zero-order valence-electron chi connectivity index (χ0n) is 39.2. The summed E-state index contributed by atoms with van der Waals surface area (Å²) in [7, 11) is 6.51. The van der Waals surface area contributed by atoms with Crippen LogP contribution >= 0.6 is 11.3 Å². The molecule has 0 bridgehead atoms. The van der Waals surface area contributed by atoms with Gasteiger partial charge in [0.2, 0.25) is 0 Å². The van der Waals surface area contributed by atoms with E-state index in [1.165, 1.54) is 0 Å². The second kappa shape index (κ2) is 21.1. The summed E-state index contributed by atoms with van der Waals surface area (Å²) in [6, 6.07) is 66.2. The molecule has 8 aromatic carbocycles. The Kier molecular flexibility index (Phi) is 14.0. The van der Waals surface area contributed by atoms with Crippen molar-refractivity contribution >= 4 is 45.0 Å². The SMILES string of the molecule is COc1ccc(C(=C(c2ccccc2)c2ccc(-c3sc(-c4ccc(C(=C(c5ccc(OC)cc5)c5ccc(OC)cc5)c5ccccc5)cc4)c([N+](=O)[O-])c3[N+](=O)[O-])cc2)c2ccc(OC)cc2)cc1. The van der Waals surface area contributed by atoms with Crippen molar-refractivity contribution in [1.29, 1.82) is 0 Å². The quantitative estimate of drug-likeness (QED) is 0.0533. The van der Waals surface area contributed by atoms with Gasteiger partial charge < -0.3 is 18.9 Å². The minimum Gasteiger partial charge on any atom is -0.497 e. The molecule has 0 aliphatic carbocycles. The molecule has 11 heteroatoms. The number of methoxy groups -OCH3 is 4. The molecule has 0 amide bonds. The van der Waals surface area contributed by atoms with E-state index in [0.29, 0.717) is 34.1 Å². The standard InChI is InChI=1S/C60H46N2O8S/c1-67-49-31-23-43(24-32-49)55(44-25-33-50(68-2)34-26-44)53(39-11-7-5-8-12-39)41-15-19-47(20-16-41)59-57(61(63)64)58(62(65)66)60(71-59)48-21-17-42(18-22-48)54(40-13-9-6-10-14-40)56(45-27-35-51(69-3)36-28-45)46-29-37-52(70-4)38-30-46/h5-38H,1-4H3. The molecule has 0 unspecified atom stereocenters. The molecule has 71 heavy (non-hydrogen) atoms. The summed E-state index contributed by atoms with van der Waals surface area (Å²) in [5.74, 6) is 2.86. The van der Waals surface area contributed by atoms with Crippen LogP contribution in [0.15, 0.2) is 206 Å². The number of hydrogen-bond donors (Lipinski definition) is 0. The number of hydrogen-bond acceptors (Lipinski definition) is 9. The van der Waals surface area contributed by atoms with E-state index >= 15 is 0 Å². The first-order chi connectivity index (χ1) is 34.7. The van der Waals surface area contributed by atoms with Crippen LogP contribution < -0.4 is 18.9 Å². The lowest BCUT2D eigenvalue weighted by Crippen LogP contribution is -1.98. The highest BCUT2D eigenvalue weighted by Crippen LogP contribution is 2.52. The molecule has 0 atom stereocenters. The summed E-state index contributed by atoms with van der Waals surface area (Å²) < 4.78 is 22.0. The van der Waals surface area contributed by atoms with Crippen LogP contribution in [0.1, 0.15) is 44.5 Å². The Morgan fingerprint density at radius 2 is 0.535 bits per heavy atom. The Bertz CT molecular complexity index is 3060. The predicted octanol–water partition coefficient (Wildman–Crippen LogP) is 14.9. The monoisotopic (exact) mass is 954 g/mol. The van der Waals surface area contributed by atoms with E-state index in [1.54, 1.807) is 52.7 Å². The fraction of sp³-hybridized carbons (Fsp3) is 0.0667. The van der Waals surface area contributed by atoms with Crippen molar-refractivity contribution in [3.05, 3.63) is 271 Å². The normalized spacial score (nSPS) is 10.8. The summed E-state index contributed by atoms with van der Waals surface area (Å²) in [6.07, 6.45) is 0. The highest BCUT2D eigenvalue weighted by atomic mass is 32.1. The highest BCUT2D eigenvalue weighted by molar-refractivity contribution is 7.20. The number of thiophene rings is 1. The predicted molar refractivity (Wildman–Crippen MR) is 283 cm³/mol. The van der Waals surface area contributed by atoms with E-state index in [4.69, 9.17) is 18.9 Å². The number of rotatable bonds is 16. The molecular formula is C60H46N2O8S. The lowest BCUT2D eigenvalue weighted by molar-refractivity contribution is -0.420. The number of ether oxygens (including phenoxy) is 4. The van der Waals surface area contributed by atoms with Crippen molar-refractivity contribution in [3.8, 4) is 43.9 Å². The van der Waals surface area contributed by atoms with Crippen molar-refractivity contribution in [3.63, 3.8) is 0 Å². The molecule has 0 fully saturated rings. The van der Waals surface area contributed by atoms with Crippen LogP contribution in [0.4, 0.5) is 11.4 Å². The van der Waals surface area contributed by atoms with Gasteiger partial charge in [-0.2, -0.15) is 0 Å². The second-order valence-electron chi connectivity index (χ2n) is 16.3. The summed E-state index contributed by atoms with van der Waals surface area (Å²) in [5, 5.41) is 26.0. The minimum absolute atomic E-state index is 0.175. The first kappa shape index (κ1) is 47.0. The highest BCUT2D eigenvalue weighted by Gasteiger charge is 2.38. The van der Waals surface area contributed by atoms with Gasteiger partial charge in [-0.15, -0.1) is 11.3 Å². The maximum absolute atomic E-state index is 13.0. The van der Waals surface area contributed by atoms with Crippen molar-refractivity contribution in [2.45, 2.75) is 0 Å². The van der Waals surface area contributed by atoms with E-state index < -0.39 is 21.2 Å². The van der Waals surface area contributed by atoms with Crippen LogP contribution in [-0.4, -0.2) is 38.3 Å². The number of benzene rings is 8. The molecule has 0 aliphatic heterocycles. The van der Waals surface area contributed by atoms with Crippen molar-refractivity contribution < 1.29 is 28.8 Å². The van der Waals surface area contributed by atoms with Crippen LogP contribution in [0.5, 0.6) is 23.0 Å².